The second-order valence-corrected chi connectivity index (χ2v) is 9.09. The molecule has 0 radical (unpaired) electrons. The summed E-state index contributed by atoms with van der Waals surface area (Å²) in [5.41, 5.74) is 2.63. The van der Waals surface area contributed by atoms with Crippen LogP contribution in [0.2, 0.25) is 0 Å². The number of ether oxygens (including phenoxy) is 5. The minimum Gasteiger partial charge on any atom is -0.493 e. The third kappa shape index (κ3) is 4.80. The number of β-lactam (4-membered cyclic amide) rings is 1. The van der Waals surface area contributed by atoms with Crippen molar-refractivity contribution in [1.82, 2.24) is 0 Å². The Kier molecular flexibility index (Phi) is 7.59. The van der Waals surface area contributed by atoms with E-state index in [-0.39, 0.29) is 11.7 Å². The summed E-state index contributed by atoms with van der Waals surface area (Å²) in [4.78, 5) is 28.4. The van der Waals surface area contributed by atoms with Crippen molar-refractivity contribution in [3.8, 4) is 28.7 Å². The first kappa shape index (κ1) is 26.6. The van der Waals surface area contributed by atoms with E-state index in [1.54, 1.807) is 53.4 Å². The number of anilines is 1. The molecule has 4 aromatic carbocycles. The van der Waals surface area contributed by atoms with Gasteiger partial charge in [-0.3, -0.25) is 4.79 Å². The van der Waals surface area contributed by atoms with Gasteiger partial charge < -0.3 is 28.6 Å². The lowest BCUT2D eigenvalue weighted by Crippen LogP contribution is -2.53. The van der Waals surface area contributed by atoms with Gasteiger partial charge in [0.25, 0.3) is 0 Å². The number of hydrogen-bond acceptors (Lipinski definition) is 7. The zero-order valence-corrected chi connectivity index (χ0v) is 22.6. The van der Waals surface area contributed by atoms with Gasteiger partial charge in [0.2, 0.25) is 11.7 Å². The van der Waals surface area contributed by atoms with Gasteiger partial charge >= 0.3 is 5.97 Å². The number of amides is 1. The number of carbonyl (C=O) groups excluding carboxylic acids is 2. The summed E-state index contributed by atoms with van der Waals surface area (Å²) >= 11 is 0. The third-order valence-electron chi connectivity index (χ3n) is 6.93. The first-order valence-corrected chi connectivity index (χ1v) is 12.6. The van der Waals surface area contributed by atoms with Crippen LogP contribution in [0, 0.1) is 0 Å². The Bertz CT molecular complexity index is 1500. The molecule has 0 N–H and O–H groups in total. The molecule has 0 unspecified atom stereocenters. The van der Waals surface area contributed by atoms with Crippen molar-refractivity contribution in [2.45, 2.75) is 12.0 Å². The van der Waals surface area contributed by atoms with Crippen LogP contribution in [0.3, 0.4) is 0 Å². The number of esters is 1. The monoisotopic (exact) mass is 539 g/mol. The van der Waals surface area contributed by atoms with E-state index in [4.69, 9.17) is 23.7 Å². The first-order valence-electron chi connectivity index (χ1n) is 12.6. The molecule has 1 aliphatic rings. The fraction of sp³-hybridized carbons (Fsp3) is 0.188. The third-order valence-corrected chi connectivity index (χ3v) is 6.93. The molecule has 0 bridgehead atoms. The van der Waals surface area contributed by atoms with Gasteiger partial charge in [0.1, 0.15) is 0 Å². The molecule has 4 aromatic rings. The predicted octanol–water partition coefficient (Wildman–Crippen LogP) is 5.81. The van der Waals surface area contributed by atoms with Crippen molar-refractivity contribution in [2.75, 3.05) is 33.3 Å². The number of hydrogen-bond donors (Lipinski definition) is 0. The van der Waals surface area contributed by atoms with E-state index < -0.39 is 17.9 Å². The van der Waals surface area contributed by atoms with E-state index in [2.05, 4.69) is 0 Å². The highest BCUT2D eigenvalue weighted by atomic mass is 16.6. The normalized spacial score (nSPS) is 16.1. The summed E-state index contributed by atoms with van der Waals surface area (Å²) in [6, 6.07) is 26.7. The molecule has 0 aliphatic carbocycles. The standard InChI is InChI=1S/C32H29NO7/c1-36-24-16-15-22(17-25(24)40-32(35)21-13-9-6-10-14-21)29-28(20-11-7-5-8-12-20)31(34)33(29)23-18-26(37-2)30(39-4)27(19-23)38-3/h5-19,28-29H,1-4H3/t28-,29-/m0/s1. The van der Waals surface area contributed by atoms with E-state index in [1.807, 2.05) is 42.5 Å². The quantitative estimate of drug-likeness (QED) is 0.151. The van der Waals surface area contributed by atoms with Crippen LogP contribution in [-0.2, 0) is 4.79 Å². The van der Waals surface area contributed by atoms with E-state index in [9.17, 15) is 9.59 Å². The summed E-state index contributed by atoms with van der Waals surface area (Å²) in [5, 5.41) is 0. The van der Waals surface area contributed by atoms with Gasteiger partial charge in [0, 0.05) is 12.1 Å². The minimum atomic E-state index is -0.512. The molecule has 0 spiro atoms. The molecular weight excluding hydrogens is 510 g/mol. The van der Waals surface area contributed by atoms with Gasteiger partial charge in [-0.15, -0.1) is 0 Å². The topological polar surface area (TPSA) is 83.5 Å². The van der Waals surface area contributed by atoms with Crippen LogP contribution in [0.15, 0.2) is 91.0 Å². The van der Waals surface area contributed by atoms with E-state index in [0.29, 0.717) is 34.2 Å². The molecule has 2 atom stereocenters. The fourth-order valence-corrected chi connectivity index (χ4v) is 5.00. The lowest BCUT2D eigenvalue weighted by atomic mass is 9.77. The SMILES string of the molecule is COc1ccc([C@H]2[C@H](c3ccccc3)C(=O)N2c2cc(OC)c(OC)c(OC)c2)cc1OC(=O)c1ccccc1. The Morgan fingerprint density at radius 2 is 1.25 bits per heavy atom. The molecule has 204 valence electrons. The molecule has 8 heteroatoms. The molecule has 5 rings (SSSR count). The van der Waals surface area contributed by atoms with Crippen LogP contribution in [-0.4, -0.2) is 40.3 Å². The molecule has 1 heterocycles. The van der Waals surface area contributed by atoms with Crippen molar-refractivity contribution in [2.24, 2.45) is 0 Å². The van der Waals surface area contributed by atoms with Crippen LogP contribution in [0.4, 0.5) is 5.69 Å². The molecule has 1 aliphatic heterocycles. The maximum Gasteiger partial charge on any atom is 0.343 e. The highest BCUT2D eigenvalue weighted by molar-refractivity contribution is 6.07. The highest BCUT2D eigenvalue weighted by Gasteiger charge is 2.50. The number of benzene rings is 4. The molecule has 1 fully saturated rings. The van der Waals surface area contributed by atoms with E-state index in [0.717, 1.165) is 11.1 Å². The smallest absolute Gasteiger partial charge is 0.343 e. The lowest BCUT2D eigenvalue weighted by molar-refractivity contribution is -0.126. The van der Waals surface area contributed by atoms with Gasteiger partial charge in [-0.25, -0.2) is 4.79 Å². The van der Waals surface area contributed by atoms with Crippen molar-refractivity contribution >= 4 is 17.6 Å². The van der Waals surface area contributed by atoms with Crippen molar-refractivity contribution in [3.05, 3.63) is 108 Å². The van der Waals surface area contributed by atoms with Crippen LogP contribution in [0.25, 0.3) is 0 Å². The fourth-order valence-electron chi connectivity index (χ4n) is 5.00. The maximum absolute atomic E-state index is 13.8. The predicted molar refractivity (Wildman–Crippen MR) is 150 cm³/mol. The van der Waals surface area contributed by atoms with Gasteiger partial charge in [0.15, 0.2) is 23.0 Å². The molecule has 40 heavy (non-hydrogen) atoms. The van der Waals surface area contributed by atoms with Crippen LogP contribution in [0.5, 0.6) is 28.7 Å². The van der Waals surface area contributed by atoms with Crippen LogP contribution in [0.1, 0.15) is 33.4 Å². The Morgan fingerprint density at radius 3 is 1.82 bits per heavy atom. The Morgan fingerprint density at radius 1 is 0.650 bits per heavy atom. The molecule has 1 amide bonds. The molecule has 1 saturated heterocycles. The largest absolute Gasteiger partial charge is 0.493 e. The molecule has 8 nitrogen and oxygen atoms in total. The summed E-state index contributed by atoms with van der Waals surface area (Å²) in [6.07, 6.45) is 0. The highest BCUT2D eigenvalue weighted by Crippen LogP contribution is 2.52. The first-order chi connectivity index (χ1) is 19.5. The second-order valence-electron chi connectivity index (χ2n) is 9.09. The summed E-state index contributed by atoms with van der Waals surface area (Å²) in [6.45, 7) is 0. The van der Waals surface area contributed by atoms with E-state index >= 15 is 0 Å². The van der Waals surface area contributed by atoms with Gasteiger partial charge in [0.05, 0.1) is 51.6 Å². The molecular formula is C32H29NO7. The minimum absolute atomic E-state index is 0.0934. The van der Waals surface area contributed by atoms with Crippen molar-refractivity contribution in [3.63, 3.8) is 0 Å². The number of methoxy groups -OCH3 is 4. The molecule has 0 saturated carbocycles. The Balaban J connectivity index is 1.60. The average Bonchev–Trinajstić information content (AvgIpc) is 3.00. The molecule has 0 aromatic heterocycles. The number of nitrogens with zero attached hydrogens (tertiary/aromatic N) is 1. The number of rotatable bonds is 9. The van der Waals surface area contributed by atoms with Crippen LogP contribution < -0.4 is 28.6 Å². The average molecular weight is 540 g/mol. The Hall–Kier alpha value is -4.98. The number of carbonyl (C=O) groups is 2. The lowest BCUT2D eigenvalue weighted by Gasteiger charge is -2.48. The summed E-state index contributed by atoms with van der Waals surface area (Å²) in [7, 11) is 6.09. The summed E-state index contributed by atoms with van der Waals surface area (Å²) < 4.78 is 27.8. The maximum atomic E-state index is 13.8. The Labute approximate surface area is 232 Å². The second kappa shape index (κ2) is 11.4. The zero-order valence-electron chi connectivity index (χ0n) is 22.6. The van der Waals surface area contributed by atoms with E-state index in [1.165, 1.54) is 28.4 Å². The van der Waals surface area contributed by atoms with Gasteiger partial charge in [-0.05, 0) is 35.4 Å². The van der Waals surface area contributed by atoms with Gasteiger partial charge in [-0.2, -0.15) is 0 Å². The zero-order chi connectivity index (χ0) is 28.2. The van der Waals surface area contributed by atoms with Crippen LogP contribution >= 0.6 is 0 Å². The van der Waals surface area contributed by atoms with Crippen molar-refractivity contribution < 1.29 is 33.3 Å². The van der Waals surface area contributed by atoms with Crippen molar-refractivity contribution in [1.29, 1.82) is 0 Å². The van der Waals surface area contributed by atoms with Gasteiger partial charge in [-0.1, -0.05) is 54.6 Å². The summed E-state index contributed by atoms with van der Waals surface area (Å²) in [5.74, 6) is 0.867.